The molecule has 0 fully saturated rings. The number of carbonyl (C=O) groups is 1. The van der Waals surface area contributed by atoms with E-state index < -0.39 is 0 Å². The molecule has 0 spiro atoms. The van der Waals surface area contributed by atoms with E-state index in [-0.39, 0.29) is 12.1 Å². The Morgan fingerprint density at radius 1 is 1.17 bits per heavy atom. The van der Waals surface area contributed by atoms with Crippen LogP contribution >= 0.6 is 0 Å². The van der Waals surface area contributed by atoms with Gasteiger partial charge in [0.1, 0.15) is 0 Å². The van der Waals surface area contributed by atoms with Gasteiger partial charge in [-0.05, 0) is 43.2 Å². The van der Waals surface area contributed by atoms with Gasteiger partial charge in [0, 0.05) is 44.9 Å². The second kappa shape index (κ2) is 8.73. The first-order chi connectivity index (χ1) is 11.2. The molecular formula is C17H23N5O. The molecule has 2 N–H and O–H groups in total. The molecule has 0 radical (unpaired) electrons. The zero-order chi connectivity index (χ0) is 16.5. The molecule has 2 amide bonds. The number of aromatic nitrogens is 2. The van der Waals surface area contributed by atoms with Crippen molar-refractivity contribution in [1.82, 2.24) is 20.2 Å². The standard InChI is InChI=1S/C17H23N5O/c1-14(15-6-11-18-12-7-15)22(2)17(23)21-10-4-9-20-16-5-3-8-19-13-16/h3,5-8,11-14,20H,4,9-10H2,1-2H3,(H,21,23)/t14-/m1/s1. The first kappa shape index (κ1) is 16.7. The molecular weight excluding hydrogens is 290 g/mol. The third-order valence-electron chi connectivity index (χ3n) is 3.71. The van der Waals surface area contributed by atoms with Crippen LogP contribution in [0.15, 0.2) is 49.1 Å². The van der Waals surface area contributed by atoms with Crippen molar-refractivity contribution in [2.75, 3.05) is 25.5 Å². The normalized spacial score (nSPS) is 11.6. The number of pyridine rings is 2. The predicted molar refractivity (Wildman–Crippen MR) is 91.2 cm³/mol. The Bertz CT molecular complexity index is 590. The molecule has 6 nitrogen and oxygen atoms in total. The number of hydrogen-bond acceptors (Lipinski definition) is 4. The summed E-state index contributed by atoms with van der Waals surface area (Å²) in [6.45, 7) is 3.41. The van der Waals surface area contributed by atoms with Gasteiger partial charge in [0.15, 0.2) is 0 Å². The zero-order valence-corrected chi connectivity index (χ0v) is 13.6. The smallest absolute Gasteiger partial charge is 0.317 e. The number of nitrogens with zero attached hydrogens (tertiary/aromatic N) is 3. The zero-order valence-electron chi connectivity index (χ0n) is 13.6. The molecule has 0 aliphatic heterocycles. The first-order valence-corrected chi connectivity index (χ1v) is 7.73. The van der Waals surface area contributed by atoms with Gasteiger partial charge in [-0.2, -0.15) is 0 Å². The van der Waals surface area contributed by atoms with Crippen LogP contribution in [0.4, 0.5) is 10.5 Å². The van der Waals surface area contributed by atoms with E-state index in [0.29, 0.717) is 6.54 Å². The molecule has 0 saturated carbocycles. The lowest BCUT2D eigenvalue weighted by Gasteiger charge is -2.25. The Labute approximate surface area is 137 Å². The first-order valence-electron chi connectivity index (χ1n) is 7.73. The molecule has 0 aliphatic rings. The summed E-state index contributed by atoms with van der Waals surface area (Å²) in [4.78, 5) is 21.9. The number of urea groups is 1. The van der Waals surface area contributed by atoms with Crippen LogP contribution < -0.4 is 10.6 Å². The van der Waals surface area contributed by atoms with Gasteiger partial charge in [0.05, 0.1) is 11.7 Å². The number of anilines is 1. The summed E-state index contributed by atoms with van der Waals surface area (Å²) < 4.78 is 0. The Hall–Kier alpha value is -2.63. The summed E-state index contributed by atoms with van der Waals surface area (Å²) in [5.74, 6) is 0. The lowest BCUT2D eigenvalue weighted by molar-refractivity contribution is 0.194. The van der Waals surface area contributed by atoms with Crippen LogP contribution in [-0.4, -0.2) is 41.0 Å². The molecule has 0 aromatic carbocycles. The highest BCUT2D eigenvalue weighted by molar-refractivity contribution is 5.74. The third-order valence-corrected chi connectivity index (χ3v) is 3.71. The number of rotatable bonds is 7. The second-order valence-corrected chi connectivity index (χ2v) is 5.32. The van der Waals surface area contributed by atoms with Crippen molar-refractivity contribution in [2.45, 2.75) is 19.4 Å². The summed E-state index contributed by atoms with van der Waals surface area (Å²) in [6, 6.07) is 7.63. The van der Waals surface area contributed by atoms with Gasteiger partial charge in [-0.3, -0.25) is 9.97 Å². The topological polar surface area (TPSA) is 70.2 Å². The molecule has 2 rings (SSSR count). The molecule has 2 aromatic heterocycles. The van der Waals surface area contributed by atoms with Gasteiger partial charge < -0.3 is 15.5 Å². The Morgan fingerprint density at radius 3 is 2.65 bits per heavy atom. The van der Waals surface area contributed by atoms with Crippen LogP contribution in [0.3, 0.4) is 0 Å². The van der Waals surface area contributed by atoms with E-state index in [1.807, 2.05) is 31.2 Å². The van der Waals surface area contributed by atoms with Crippen LogP contribution in [0.1, 0.15) is 24.9 Å². The van der Waals surface area contributed by atoms with E-state index in [0.717, 1.165) is 24.2 Å². The largest absolute Gasteiger partial charge is 0.384 e. The highest BCUT2D eigenvalue weighted by Gasteiger charge is 2.16. The van der Waals surface area contributed by atoms with E-state index in [1.54, 1.807) is 36.7 Å². The predicted octanol–water partition coefficient (Wildman–Crippen LogP) is 2.68. The van der Waals surface area contributed by atoms with Crippen LogP contribution in [0.25, 0.3) is 0 Å². The molecule has 2 heterocycles. The number of nitrogens with one attached hydrogen (secondary N) is 2. The maximum atomic E-state index is 12.2. The van der Waals surface area contributed by atoms with Crippen LogP contribution in [0, 0.1) is 0 Å². The van der Waals surface area contributed by atoms with Gasteiger partial charge in [-0.15, -0.1) is 0 Å². The molecule has 6 heteroatoms. The maximum Gasteiger partial charge on any atom is 0.317 e. The summed E-state index contributed by atoms with van der Waals surface area (Å²) in [5, 5.41) is 6.20. The average molecular weight is 313 g/mol. The van der Waals surface area contributed by atoms with Gasteiger partial charge in [-0.1, -0.05) is 0 Å². The summed E-state index contributed by atoms with van der Waals surface area (Å²) in [6.07, 6.45) is 7.84. The van der Waals surface area contributed by atoms with Crippen LogP contribution in [-0.2, 0) is 0 Å². The van der Waals surface area contributed by atoms with Crippen molar-refractivity contribution >= 4 is 11.7 Å². The second-order valence-electron chi connectivity index (χ2n) is 5.32. The van der Waals surface area contributed by atoms with Crippen molar-refractivity contribution in [3.63, 3.8) is 0 Å². The molecule has 0 saturated heterocycles. The van der Waals surface area contributed by atoms with Crippen molar-refractivity contribution in [3.8, 4) is 0 Å². The molecule has 122 valence electrons. The van der Waals surface area contributed by atoms with Crippen LogP contribution in [0.5, 0.6) is 0 Å². The highest BCUT2D eigenvalue weighted by atomic mass is 16.2. The fraction of sp³-hybridized carbons (Fsp3) is 0.353. The van der Waals surface area contributed by atoms with Crippen LogP contribution in [0.2, 0.25) is 0 Å². The fourth-order valence-electron chi connectivity index (χ4n) is 2.15. The van der Waals surface area contributed by atoms with Gasteiger partial charge in [-0.25, -0.2) is 4.79 Å². The van der Waals surface area contributed by atoms with E-state index >= 15 is 0 Å². The lowest BCUT2D eigenvalue weighted by Crippen LogP contribution is -2.39. The summed E-state index contributed by atoms with van der Waals surface area (Å²) >= 11 is 0. The number of amides is 2. The number of hydrogen-bond donors (Lipinski definition) is 2. The van der Waals surface area contributed by atoms with Crippen molar-refractivity contribution in [3.05, 3.63) is 54.6 Å². The Balaban J connectivity index is 1.68. The summed E-state index contributed by atoms with van der Waals surface area (Å²) in [5.41, 5.74) is 2.05. The number of carbonyl (C=O) groups excluding carboxylic acids is 1. The van der Waals surface area contributed by atoms with Crippen molar-refractivity contribution < 1.29 is 4.79 Å². The van der Waals surface area contributed by atoms with E-state index in [1.165, 1.54) is 0 Å². The van der Waals surface area contributed by atoms with E-state index in [9.17, 15) is 4.79 Å². The van der Waals surface area contributed by atoms with Gasteiger partial charge in [0.25, 0.3) is 0 Å². The minimum absolute atomic E-state index is 0.00604. The Kier molecular flexibility index (Phi) is 6.35. The molecule has 1 atom stereocenters. The third kappa shape index (κ3) is 5.25. The monoisotopic (exact) mass is 313 g/mol. The van der Waals surface area contributed by atoms with E-state index in [2.05, 4.69) is 20.6 Å². The van der Waals surface area contributed by atoms with E-state index in [4.69, 9.17) is 0 Å². The Morgan fingerprint density at radius 2 is 1.96 bits per heavy atom. The fourth-order valence-corrected chi connectivity index (χ4v) is 2.15. The van der Waals surface area contributed by atoms with Crippen molar-refractivity contribution in [2.24, 2.45) is 0 Å². The molecule has 2 aromatic rings. The maximum absolute atomic E-state index is 12.2. The SMILES string of the molecule is C[C@H](c1ccncc1)N(C)C(=O)NCCCNc1cccnc1. The van der Waals surface area contributed by atoms with Crippen molar-refractivity contribution in [1.29, 1.82) is 0 Å². The average Bonchev–Trinajstić information content (AvgIpc) is 2.61. The highest BCUT2D eigenvalue weighted by Crippen LogP contribution is 2.17. The summed E-state index contributed by atoms with van der Waals surface area (Å²) in [7, 11) is 1.80. The minimum atomic E-state index is -0.0734. The molecule has 23 heavy (non-hydrogen) atoms. The minimum Gasteiger partial charge on any atom is -0.384 e. The van der Waals surface area contributed by atoms with Gasteiger partial charge >= 0.3 is 6.03 Å². The molecule has 0 bridgehead atoms. The quantitative estimate of drug-likeness (QED) is 0.771. The molecule has 0 aliphatic carbocycles. The van der Waals surface area contributed by atoms with Gasteiger partial charge in [0.2, 0.25) is 0 Å². The lowest BCUT2D eigenvalue weighted by atomic mass is 10.1. The molecule has 0 unspecified atom stereocenters.